The predicted octanol–water partition coefficient (Wildman–Crippen LogP) is 3.24. The molecule has 2 aromatic rings. The first-order valence-corrected chi connectivity index (χ1v) is 8.09. The summed E-state index contributed by atoms with van der Waals surface area (Å²) >= 11 is 3.45. The summed E-state index contributed by atoms with van der Waals surface area (Å²) in [7, 11) is 1.83. The second-order valence-corrected chi connectivity index (χ2v) is 6.32. The lowest BCUT2D eigenvalue weighted by molar-refractivity contribution is -0.113. The molecule has 0 unspecified atom stereocenters. The van der Waals surface area contributed by atoms with Crippen LogP contribution in [-0.2, 0) is 4.79 Å². The molecule has 0 saturated carbocycles. The van der Waals surface area contributed by atoms with Crippen molar-refractivity contribution >= 4 is 33.2 Å². The summed E-state index contributed by atoms with van der Waals surface area (Å²) in [6.07, 6.45) is 1.35. The summed E-state index contributed by atoms with van der Waals surface area (Å²) < 4.78 is 15.2. The van der Waals surface area contributed by atoms with E-state index in [1.165, 1.54) is 12.1 Å². The van der Waals surface area contributed by atoms with Crippen LogP contribution in [-0.4, -0.2) is 25.2 Å². The second-order valence-electron chi connectivity index (χ2n) is 5.40. The van der Waals surface area contributed by atoms with E-state index in [0.717, 1.165) is 15.7 Å². The van der Waals surface area contributed by atoms with E-state index in [0.29, 0.717) is 17.0 Å². The number of carbonyl (C=O) groups excluding carboxylic acids is 1. The molecular formula is C18H15BrFN3O. The fraction of sp³-hybridized carbons (Fsp3) is 0.111. The zero-order valence-corrected chi connectivity index (χ0v) is 14.5. The third-order valence-electron chi connectivity index (χ3n) is 3.84. The monoisotopic (exact) mass is 387 g/mol. The Hall–Kier alpha value is -2.47. The Kier molecular flexibility index (Phi) is 4.49. The minimum absolute atomic E-state index is 0.232. The van der Waals surface area contributed by atoms with Gasteiger partial charge in [0.15, 0.2) is 0 Å². The number of rotatable bonds is 2. The van der Waals surface area contributed by atoms with Crippen LogP contribution in [0.5, 0.6) is 0 Å². The van der Waals surface area contributed by atoms with Gasteiger partial charge in [0.05, 0.1) is 17.9 Å². The Balaban J connectivity index is 2.25. The van der Waals surface area contributed by atoms with Crippen LogP contribution in [0.3, 0.4) is 0 Å². The van der Waals surface area contributed by atoms with E-state index >= 15 is 0 Å². The molecule has 4 nitrogen and oxygen atoms in total. The second kappa shape index (κ2) is 6.57. The molecule has 1 aliphatic rings. The van der Waals surface area contributed by atoms with Crippen molar-refractivity contribution in [2.75, 3.05) is 18.5 Å². The average Bonchev–Trinajstić information content (AvgIpc) is 2.66. The molecule has 1 heterocycles. The number of hydrogen-bond acceptors (Lipinski definition) is 3. The van der Waals surface area contributed by atoms with Crippen molar-refractivity contribution < 1.29 is 9.18 Å². The zero-order chi connectivity index (χ0) is 17.3. The smallest absolute Gasteiger partial charge is 0.243 e. The van der Waals surface area contributed by atoms with Crippen molar-refractivity contribution in [2.45, 2.75) is 0 Å². The Morgan fingerprint density at radius 2 is 2.04 bits per heavy atom. The van der Waals surface area contributed by atoms with Crippen LogP contribution < -0.4 is 10.6 Å². The van der Waals surface area contributed by atoms with Crippen LogP contribution in [0.15, 0.2) is 63.7 Å². The number of fused-ring (bicyclic) bond motifs is 1. The third-order valence-corrected chi connectivity index (χ3v) is 4.34. The van der Waals surface area contributed by atoms with Crippen molar-refractivity contribution in [1.29, 1.82) is 0 Å². The molecule has 0 atom stereocenters. The Morgan fingerprint density at radius 3 is 2.75 bits per heavy atom. The lowest BCUT2D eigenvalue weighted by atomic mass is 10.00. The van der Waals surface area contributed by atoms with Crippen LogP contribution in [0.2, 0.25) is 0 Å². The molecule has 0 saturated heterocycles. The molecule has 3 rings (SSSR count). The maximum absolute atomic E-state index is 14.3. The van der Waals surface area contributed by atoms with Gasteiger partial charge >= 0.3 is 0 Å². The standard InChI is InChI=1S/C18H15BrFN3O/c1-23-12(9-17(21)24)10-22-18(13-4-2-3-5-15(13)20)14-8-11(19)6-7-16(14)23/h2-9H,10H2,1H3,(H2,21,24). The Bertz CT molecular complexity index is 876. The van der Waals surface area contributed by atoms with Crippen molar-refractivity contribution in [3.63, 3.8) is 0 Å². The highest BCUT2D eigenvalue weighted by molar-refractivity contribution is 9.10. The number of primary amides is 1. The molecule has 0 aliphatic carbocycles. The first-order valence-electron chi connectivity index (χ1n) is 7.30. The molecule has 6 heteroatoms. The van der Waals surface area contributed by atoms with Crippen molar-refractivity contribution in [3.05, 3.63) is 75.7 Å². The summed E-state index contributed by atoms with van der Waals surface area (Å²) in [5.74, 6) is -0.882. The fourth-order valence-electron chi connectivity index (χ4n) is 2.69. The van der Waals surface area contributed by atoms with Gasteiger partial charge in [-0.3, -0.25) is 9.79 Å². The zero-order valence-electron chi connectivity index (χ0n) is 13.0. The average molecular weight is 388 g/mol. The summed E-state index contributed by atoms with van der Waals surface area (Å²) in [6, 6.07) is 12.2. The maximum atomic E-state index is 14.3. The molecule has 24 heavy (non-hydrogen) atoms. The van der Waals surface area contributed by atoms with Crippen LogP contribution in [0.25, 0.3) is 0 Å². The molecule has 122 valence electrons. The lowest BCUT2D eigenvalue weighted by Gasteiger charge is -2.22. The number of hydrogen-bond donors (Lipinski definition) is 1. The van der Waals surface area contributed by atoms with Crippen LogP contribution in [0.4, 0.5) is 10.1 Å². The van der Waals surface area contributed by atoms with Crippen molar-refractivity contribution in [2.24, 2.45) is 10.7 Å². The van der Waals surface area contributed by atoms with Crippen LogP contribution >= 0.6 is 15.9 Å². The summed E-state index contributed by atoms with van der Waals surface area (Å²) in [5, 5.41) is 0. The molecule has 0 aromatic heterocycles. The number of amides is 1. The highest BCUT2D eigenvalue weighted by Gasteiger charge is 2.22. The highest BCUT2D eigenvalue weighted by atomic mass is 79.9. The van der Waals surface area contributed by atoms with Gasteiger partial charge in [0.1, 0.15) is 5.82 Å². The number of benzene rings is 2. The number of benzodiazepines with no additional fused rings is 1. The van der Waals surface area contributed by atoms with Crippen molar-refractivity contribution in [1.82, 2.24) is 0 Å². The minimum Gasteiger partial charge on any atom is -0.366 e. The van der Waals surface area contributed by atoms with E-state index in [-0.39, 0.29) is 12.4 Å². The highest BCUT2D eigenvalue weighted by Crippen LogP contribution is 2.31. The minimum atomic E-state index is -0.542. The quantitative estimate of drug-likeness (QED) is 0.804. The molecule has 0 bridgehead atoms. The number of carbonyl (C=O) groups is 1. The first kappa shape index (κ1) is 16.4. The lowest BCUT2D eigenvalue weighted by Crippen LogP contribution is -2.21. The fourth-order valence-corrected chi connectivity index (χ4v) is 3.05. The van der Waals surface area contributed by atoms with Gasteiger partial charge in [-0.2, -0.15) is 0 Å². The van der Waals surface area contributed by atoms with Gasteiger partial charge in [-0.1, -0.05) is 28.1 Å². The van der Waals surface area contributed by atoms with Gasteiger partial charge in [-0.25, -0.2) is 4.39 Å². The van der Waals surface area contributed by atoms with E-state index in [1.807, 2.05) is 30.1 Å². The molecule has 2 aromatic carbocycles. The van der Waals surface area contributed by atoms with E-state index in [1.54, 1.807) is 18.2 Å². The Labute approximate surface area is 147 Å². The number of aliphatic imine (C=N–C) groups is 1. The summed E-state index contributed by atoms with van der Waals surface area (Å²) in [5.41, 5.74) is 8.52. The predicted molar refractivity (Wildman–Crippen MR) is 96.7 cm³/mol. The topological polar surface area (TPSA) is 58.7 Å². The number of halogens is 2. The third kappa shape index (κ3) is 3.10. The van der Waals surface area contributed by atoms with Gasteiger partial charge in [0.2, 0.25) is 5.91 Å². The largest absolute Gasteiger partial charge is 0.366 e. The van der Waals surface area contributed by atoms with Crippen molar-refractivity contribution in [3.8, 4) is 0 Å². The molecule has 2 N–H and O–H groups in total. The maximum Gasteiger partial charge on any atom is 0.243 e. The van der Waals surface area contributed by atoms with Gasteiger partial charge < -0.3 is 10.6 Å². The van der Waals surface area contributed by atoms with Crippen LogP contribution in [0, 0.1) is 5.82 Å². The molecule has 0 fully saturated rings. The van der Waals surface area contributed by atoms with Gasteiger partial charge in [-0.15, -0.1) is 0 Å². The number of nitrogens with two attached hydrogens (primary N) is 1. The van der Waals surface area contributed by atoms with Gasteiger partial charge in [-0.05, 0) is 30.3 Å². The van der Waals surface area contributed by atoms with E-state index in [9.17, 15) is 9.18 Å². The molecule has 0 radical (unpaired) electrons. The van der Waals surface area contributed by atoms with Gasteiger partial charge in [0.25, 0.3) is 0 Å². The normalized spacial score (nSPS) is 15.7. The number of likely N-dealkylation sites (N-methyl/N-ethyl adjacent to an activating group) is 1. The van der Waals surface area contributed by atoms with E-state index < -0.39 is 5.91 Å². The Morgan fingerprint density at radius 1 is 1.29 bits per heavy atom. The number of nitrogens with zero attached hydrogens (tertiary/aromatic N) is 2. The SMILES string of the molecule is CN1C(=CC(N)=O)CN=C(c2ccccc2F)c2cc(Br)ccc21. The first-order chi connectivity index (χ1) is 11.5. The number of anilines is 1. The van der Waals surface area contributed by atoms with E-state index in [4.69, 9.17) is 5.73 Å². The molecule has 1 aliphatic heterocycles. The van der Waals surface area contributed by atoms with E-state index in [2.05, 4.69) is 20.9 Å². The molecule has 0 spiro atoms. The van der Waals surface area contributed by atoms with Crippen LogP contribution in [0.1, 0.15) is 11.1 Å². The van der Waals surface area contributed by atoms with Gasteiger partial charge in [0, 0.05) is 34.4 Å². The molecular weight excluding hydrogens is 373 g/mol. The summed E-state index contributed by atoms with van der Waals surface area (Å²) in [6.45, 7) is 0.232. The molecule has 1 amide bonds. The summed E-state index contributed by atoms with van der Waals surface area (Å²) in [4.78, 5) is 17.7.